The van der Waals surface area contributed by atoms with Gasteiger partial charge in [0.2, 0.25) is 0 Å². The molecule has 2 fully saturated rings. The lowest BCUT2D eigenvalue weighted by Gasteiger charge is -2.32. The van der Waals surface area contributed by atoms with E-state index in [0.29, 0.717) is 16.3 Å². The highest BCUT2D eigenvalue weighted by Crippen LogP contribution is 2.23. The van der Waals surface area contributed by atoms with Crippen LogP contribution in [0.5, 0.6) is 0 Å². The number of urea groups is 1. The minimum atomic E-state index is -1.05. The van der Waals surface area contributed by atoms with E-state index in [4.69, 9.17) is 17.3 Å². The minimum absolute atomic E-state index is 0.0262. The first kappa shape index (κ1) is 24.0. The number of hydrogen-bond donors (Lipinski definition) is 3. The fourth-order valence-electron chi connectivity index (χ4n) is 4.58. The van der Waals surface area contributed by atoms with E-state index in [2.05, 4.69) is 10.6 Å². The normalized spacial score (nSPS) is 22.4. The molecule has 2 aromatic rings. The van der Waals surface area contributed by atoms with Crippen molar-refractivity contribution in [3.63, 3.8) is 0 Å². The van der Waals surface area contributed by atoms with Crippen molar-refractivity contribution in [2.45, 2.75) is 50.9 Å². The smallest absolute Gasteiger partial charge is 0.323 e. The van der Waals surface area contributed by atoms with Crippen molar-refractivity contribution in [1.82, 2.24) is 15.1 Å². The maximum absolute atomic E-state index is 13.5. The van der Waals surface area contributed by atoms with Crippen LogP contribution in [-0.4, -0.2) is 59.0 Å². The predicted octanol–water partition coefficient (Wildman–Crippen LogP) is 3.35. The van der Waals surface area contributed by atoms with E-state index in [-0.39, 0.29) is 37.0 Å². The van der Waals surface area contributed by atoms with Crippen molar-refractivity contribution in [3.8, 4) is 0 Å². The minimum Gasteiger partial charge on any atom is -0.350 e. The van der Waals surface area contributed by atoms with Gasteiger partial charge in [0.05, 0.1) is 0 Å². The van der Waals surface area contributed by atoms with Crippen molar-refractivity contribution < 1.29 is 14.4 Å². The highest BCUT2D eigenvalue weighted by atomic mass is 35.5. The zero-order chi connectivity index (χ0) is 24.2. The summed E-state index contributed by atoms with van der Waals surface area (Å²) in [7, 11) is 0. The van der Waals surface area contributed by atoms with Gasteiger partial charge in [-0.1, -0.05) is 35.4 Å². The lowest BCUT2D eigenvalue weighted by Crippen LogP contribution is -2.56. The molecule has 0 radical (unpaired) electrons. The standard InChI is InChI=1S/C25H30ClN5O3/c1-16-4-2-5-17(14-16)24(33)30-12-13-31(25(34)29-21-7-3-6-18(26)15-21)23(30)22(32)28-20-10-8-19(27)9-11-20/h2-7,14-15,19-20,23H,8-13,27H2,1H3,(H,28,32)(H,29,34). The number of nitrogens with two attached hydrogens (primary N) is 1. The van der Waals surface area contributed by atoms with Gasteiger partial charge in [-0.2, -0.15) is 0 Å². The third kappa shape index (κ3) is 5.51. The summed E-state index contributed by atoms with van der Waals surface area (Å²) in [5.74, 6) is -0.646. The fourth-order valence-corrected chi connectivity index (χ4v) is 4.77. The summed E-state index contributed by atoms with van der Waals surface area (Å²) in [6.07, 6.45) is 2.17. The van der Waals surface area contributed by atoms with Gasteiger partial charge < -0.3 is 21.3 Å². The average Bonchev–Trinajstić information content (AvgIpc) is 3.26. The summed E-state index contributed by atoms with van der Waals surface area (Å²) in [6.45, 7) is 2.39. The first-order valence-electron chi connectivity index (χ1n) is 11.6. The van der Waals surface area contributed by atoms with Gasteiger partial charge in [-0.05, 0) is 62.9 Å². The number of amides is 4. The van der Waals surface area contributed by atoms with Crippen molar-refractivity contribution in [2.24, 2.45) is 5.73 Å². The number of anilines is 1. The summed E-state index contributed by atoms with van der Waals surface area (Å²) >= 11 is 6.04. The Hall–Kier alpha value is -3.10. The van der Waals surface area contributed by atoms with Gasteiger partial charge in [0.15, 0.2) is 6.17 Å². The summed E-state index contributed by atoms with van der Waals surface area (Å²) < 4.78 is 0. The summed E-state index contributed by atoms with van der Waals surface area (Å²) in [4.78, 5) is 42.9. The van der Waals surface area contributed by atoms with Crippen LogP contribution in [0.25, 0.3) is 0 Å². The summed E-state index contributed by atoms with van der Waals surface area (Å²) in [6, 6.07) is 13.7. The number of rotatable bonds is 4. The van der Waals surface area contributed by atoms with Crippen LogP contribution in [0.15, 0.2) is 48.5 Å². The van der Waals surface area contributed by atoms with E-state index < -0.39 is 12.2 Å². The molecule has 9 heteroatoms. The number of aryl methyl sites for hydroxylation is 1. The van der Waals surface area contributed by atoms with Crippen molar-refractivity contribution in [3.05, 3.63) is 64.7 Å². The topological polar surface area (TPSA) is 108 Å². The van der Waals surface area contributed by atoms with Crippen molar-refractivity contribution >= 4 is 35.1 Å². The van der Waals surface area contributed by atoms with E-state index in [1.807, 2.05) is 19.1 Å². The molecule has 1 saturated heterocycles. The fraction of sp³-hybridized carbons (Fsp3) is 0.400. The largest absolute Gasteiger partial charge is 0.350 e. The molecule has 180 valence electrons. The third-order valence-electron chi connectivity index (χ3n) is 6.39. The van der Waals surface area contributed by atoms with Crippen LogP contribution in [-0.2, 0) is 4.79 Å². The Morgan fingerprint density at radius 2 is 1.68 bits per heavy atom. The van der Waals surface area contributed by atoms with E-state index in [9.17, 15) is 14.4 Å². The maximum atomic E-state index is 13.5. The van der Waals surface area contributed by atoms with E-state index in [0.717, 1.165) is 31.2 Å². The number of carbonyl (C=O) groups is 3. The molecule has 0 bridgehead atoms. The first-order valence-corrected chi connectivity index (χ1v) is 12.0. The van der Waals surface area contributed by atoms with Crippen LogP contribution in [0.1, 0.15) is 41.6 Å². The quantitative estimate of drug-likeness (QED) is 0.619. The Labute approximate surface area is 204 Å². The molecule has 1 aliphatic heterocycles. The second-order valence-electron chi connectivity index (χ2n) is 9.00. The van der Waals surface area contributed by atoms with Gasteiger partial charge in [0.25, 0.3) is 11.8 Å². The molecular weight excluding hydrogens is 454 g/mol. The molecule has 0 aromatic heterocycles. The lowest BCUT2D eigenvalue weighted by molar-refractivity contribution is -0.128. The van der Waals surface area contributed by atoms with Gasteiger partial charge in [0.1, 0.15) is 0 Å². The summed E-state index contributed by atoms with van der Waals surface area (Å²) in [5.41, 5.74) is 7.94. The van der Waals surface area contributed by atoms with E-state index >= 15 is 0 Å². The Morgan fingerprint density at radius 3 is 2.38 bits per heavy atom. The molecule has 1 saturated carbocycles. The average molecular weight is 484 g/mol. The van der Waals surface area contributed by atoms with Crippen LogP contribution >= 0.6 is 11.6 Å². The number of hydrogen-bond acceptors (Lipinski definition) is 4. The molecule has 4 amide bonds. The van der Waals surface area contributed by atoms with E-state index in [1.54, 1.807) is 36.4 Å². The zero-order valence-corrected chi connectivity index (χ0v) is 19.9. The van der Waals surface area contributed by atoms with Gasteiger partial charge in [0, 0.05) is 41.4 Å². The number of carbonyl (C=O) groups excluding carboxylic acids is 3. The van der Waals surface area contributed by atoms with Crippen LogP contribution in [0, 0.1) is 6.92 Å². The second-order valence-corrected chi connectivity index (χ2v) is 9.43. The Balaban J connectivity index is 1.56. The maximum Gasteiger partial charge on any atom is 0.323 e. The number of halogens is 1. The second kappa shape index (κ2) is 10.4. The Morgan fingerprint density at radius 1 is 0.971 bits per heavy atom. The molecule has 1 heterocycles. The SMILES string of the molecule is Cc1cccc(C(=O)N2CCN(C(=O)Nc3cccc(Cl)c3)C2C(=O)NC2CCC(N)CC2)c1. The lowest BCUT2D eigenvalue weighted by atomic mass is 9.92. The number of nitrogens with zero attached hydrogens (tertiary/aromatic N) is 2. The monoisotopic (exact) mass is 483 g/mol. The molecule has 4 rings (SSSR count). The highest BCUT2D eigenvalue weighted by molar-refractivity contribution is 6.30. The van der Waals surface area contributed by atoms with Crippen molar-refractivity contribution in [2.75, 3.05) is 18.4 Å². The molecule has 1 unspecified atom stereocenters. The van der Waals surface area contributed by atoms with Crippen LogP contribution < -0.4 is 16.4 Å². The Bertz CT molecular complexity index is 1070. The molecule has 1 atom stereocenters. The molecule has 2 aromatic carbocycles. The predicted molar refractivity (Wildman–Crippen MR) is 132 cm³/mol. The van der Waals surface area contributed by atoms with Gasteiger partial charge in [-0.3, -0.25) is 14.5 Å². The van der Waals surface area contributed by atoms with Crippen LogP contribution in [0.4, 0.5) is 10.5 Å². The molecule has 4 N–H and O–H groups in total. The summed E-state index contributed by atoms with van der Waals surface area (Å²) in [5, 5.41) is 6.34. The van der Waals surface area contributed by atoms with Gasteiger partial charge in [-0.25, -0.2) is 4.79 Å². The van der Waals surface area contributed by atoms with Gasteiger partial charge >= 0.3 is 6.03 Å². The molecule has 0 spiro atoms. The third-order valence-corrected chi connectivity index (χ3v) is 6.62. The zero-order valence-electron chi connectivity index (χ0n) is 19.2. The van der Waals surface area contributed by atoms with Crippen LogP contribution in [0.3, 0.4) is 0 Å². The van der Waals surface area contributed by atoms with E-state index in [1.165, 1.54) is 9.80 Å². The first-order chi connectivity index (χ1) is 16.3. The molecular formula is C25H30ClN5O3. The Kier molecular flexibility index (Phi) is 7.38. The molecule has 34 heavy (non-hydrogen) atoms. The highest BCUT2D eigenvalue weighted by Gasteiger charge is 2.43. The molecule has 8 nitrogen and oxygen atoms in total. The number of benzene rings is 2. The van der Waals surface area contributed by atoms with Crippen molar-refractivity contribution in [1.29, 1.82) is 0 Å². The number of nitrogens with one attached hydrogen (secondary N) is 2. The van der Waals surface area contributed by atoms with Crippen LogP contribution in [0.2, 0.25) is 5.02 Å². The van der Waals surface area contributed by atoms with Gasteiger partial charge in [-0.15, -0.1) is 0 Å². The molecule has 2 aliphatic rings. The molecule has 1 aliphatic carbocycles.